The number of rotatable bonds is 68. The average Bonchev–Trinajstić information content (AvgIpc) is 3.10. The molecule has 0 saturated heterocycles. The minimum atomic E-state index is -4.95. The zero-order chi connectivity index (χ0) is 66.8. The number of aliphatic hydroxyl groups is 1. The summed E-state index contributed by atoms with van der Waals surface area (Å²) in [4.78, 5) is 72.5. The van der Waals surface area contributed by atoms with Gasteiger partial charge in [-0.25, -0.2) is 9.13 Å². The normalized spacial score (nSPS) is 14.6. The highest BCUT2D eigenvalue weighted by Gasteiger charge is 2.30. The van der Waals surface area contributed by atoms with Gasteiger partial charge in [-0.3, -0.25) is 37.3 Å². The third-order valence-electron chi connectivity index (χ3n) is 16.7. The number of phosphoric acid groups is 2. The molecule has 0 saturated carbocycles. The molecule has 19 heteroatoms. The molecule has 0 aromatic heterocycles. The summed E-state index contributed by atoms with van der Waals surface area (Å²) in [6, 6.07) is 0. The summed E-state index contributed by atoms with van der Waals surface area (Å²) in [5.74, 6) is 0.824. The Morgan fingerprint density at radius 3 is 0.789 bits per heavy atom. The quantitative estimate of drug-likeness (QED) is 0.0222. The number of carbonyl (C=O) groups excluding carboxylic acids is 4. The van der Waals surface area contributed by atoms with Crippen molar-refractivity contribution in [3.63, 3.8) is 0 Å². The van der Waals surface area contributed by atoms with Crippen LogP contribution >= 0.6 is 15.6 Å². The molecule has 0 aromatic carbocycles. The van der Waals surface area contributed by atoms with E-state index in [-0.39, 0.29) is 25.7 Å². The predicted octanol–water partition coefficient (Wildman–Crippen LogP) is 20.1. The number of esters is 4. The Morgan fingerprint density at radius 2 is 0.533 bits per heavy atom. The molecule has 0 radical (unpaired) electrons. The lowest BCUT2D eigenvalue weighted by Gasteiger charge is -2.21. The molecule has 0 aliphatic carbocycles. The number of unbranched alkanes of at least 4 members (excludes halogenated alkanes) is 33. The van der Waals surface area contributed by atoms with Crippen LogP contribution in [0.4, 0.5) is 0 Å². The molecule has 0 aliphatic rings. The van der Waals surface area contributed by atoms with Gasteiger partial charge >= 0.3 is 39.5 Å². The van der Waals surface area contributed by atoms with Crippen LogP contribution in [0, 0.1) is 23.7 Å². The monoisotopic (exact) mass is 1320 g/mol. The molecule has 0 aliphatic heterocycles. The number of hydrogen-bond acceptors (Lipinski definition) is 15. The number of ether oxygens (including phenoxy) is 4. The van der Waals surface area contributed by atoms with E-state index < -0.39 is 97.5 Å². The van der Waals surface area contributed by atoms with Crippen molar-refractivity contribution in [2.45, 2.75) is 369 Å². The van der Waals surface area contributed by atoms with E-state index in [4.69, 9.17) is 37.0 Å². The SMILES string of the molecule is CCC(C)CCCCCCCCC(=O)OC[C@H](COP(=O)(O)OC[C@H](O)COP(=O)(O)OC[C@@H](COC(=O)CCCCCCCCCCCCCCCCCCC(C)C)OC(=O)CCCCCCCCCC(C)C)OC(=O)CCCCCCCCCCC(C)C. The highest BCUT2D eigenvalue weighted by Crippen LogP contribution is 2.45. The van der Waals surface area contributed by atoms with Crippen molar-refractivity contribution in [2.24, 2.45) is 23.7 Å². The molecule has 0 fully saturated rings. The molecule has 0 rings (SSSR count). The van der Waals surface area contributed by atoms with Crippen molar-refractivity contribution in [3.05, 3.63) is 0 Å². The molecule has 0 heterocycles. The van der Waals surface area contributed by atoms with Crippen molar-refractivity contribution in [1.82, 2.24) is 0 Å². The Labute approximate surface area is 549 Å². The standard InChI is InChI=1S/C71H138O17P2/c1-9-64(8)50-42-34-29-30-36-44-52-69(74)82-58-67(87-70(75)53-45-37-27-21-20-24-32-40-48-62(4)5)60-86-90(79,80)84-56-65(72)55-83-89(77,78)85-59-66(88-71(76)54-46-38-28-22-25-33-41-49-63(6)7)57-81-68(73)51-43-35-26-19-17-15-13-11-10-12-14-16-18-23-31-39-47-61(2)3/h61-67,72H,9-60H2,1-8H3,(H,77,78)(H,79,80)/t64?,65-,66-,67-/m1/s1. The first-order valence-corrected chi connectivity index (χ1v) is 39.7. The van der Waals surface area contributed by atoms with E-state index in [2.05, 4.69) is 55.4 Å². The van der Waals surface area contributed by atoms with Gasteiger partial charge in [-0.1, -0.05) is 299 Å². The molecule has 3 unspecified atom stereocenters. The van der Waals surface area contributed by atoms with Gasteiger partial charge in [-0.05, 0) is 49.4 Å². The summed E-state index contributed by atoms with van der Waals surface area (Å²) in [6.07, 6.45) is 43.4. The molecule has 0 aromatic rings. The van der Waals surface area contributed by atoms with Gasteiger partial charge in [0.05, 0.1) is 26.4 Å². The van der Waals surface area contributed by atoms with Crippen LogP contribution in [0.2, 0.25) is 0 Å². The molecule has 3 N–H and O–H groups in total. The van der Waals surface area contributed by atoms with Crippen LogP contribution in [0.3, 0.4) is 0 Å². The average molecular weight is 1330 g/mol. The first kappa shape index (κ1) is 88.1. The fraction of sp³-hybridized carbons (Fsp3) is 0.944. The Morgan fingerprint density at radius 1 is 0.311 bits per heavy atom. The smallest absolute Gasteiger partial charge is 0.462 e. The summed E-state index contributed by atoms with van der Waals surface area (Å²) in [6.45, 7) is 14.0. The fourth-order valence-electron chi connectivity index (χ4n) is 10.6. The zero-order valence-corrected chi connectivity index (χ0v) is 60.6. The van der Waals surface area contributed by atoms with Crippen molar-refractivity contribution in [1.29, 1.82) is 0 Å². The summed E-state index contributed by atoms with van der Waals surface area (Å²) in [5, 5.41) is 10.6. The molecule has 90 heavy (non-hydrogen) atoms. The van der Waals surface area contributed by atoms with E-state index in [9.17, 15) is 43.2 Å². The van der Waals surface area contributed by atoms with E-state index in [1.165, 1.54) is 148 Å². The number of hydrogen-bond donors (Lipinski definition) is 3. The van der Waals surface area contributed by atoms with Gasteiger partial charge in [-0.2, -0.15) is 0 Å². The molecular formula is C71H138O17P2. The Hall–Kier alpha value is -1.94. The van der Waals surface area contributed by atoms with E-state index in [1.54, 1.807) is 0 Å². The van der Waals surface area contributed by atoms with Crippen molar-refractivity contribution >= 4 is 39.5 Å². The Balaban J connectivity index is 5.17. The second kappa shape index (κ2) is 60.7. The number of aliphatic hydroxyl groups excluding tert-OH is 1. The lowest BCUT2D eigenvalue weighted by Crippen LogP contribution is -2.30. The van der Waals surface area contributed by atoms with E-state index in [1.807, 2.05) is 0 Å². The third kappa shape index (κ3) is 63.5. The summed E-state index contributed by atoms with van der Waals surface area (Å²) in [7, 11) is -9.90. The van der Waals surface area contributed by atoms with Crippen LogP contribution in [0.5, 0.6) is 0 Å². The maximum absolute atomic E-state index is 13.0. The summed E-state index contributed by atoms with van der Waals surface area (Å²) in [5.41, 5.74) is 0. The first-order chi connectivity index (χ1) is 43.1. The maximum atomic E-state index is 13.0. The van der Waals surface area contributed by atoms with Gasteiger partial charge in [0.15, 0.2) is 12.2 Å². The van der Waals surface area contributed by atoms with Gasteiger partial charge in [0.2, 0.25) is 0 Å². The zero-order valence-electron chi connectivity index (χ0n) is 58.8. The highest BCUT2D eigenvalue weighted by atomic mass is 31.2. The largest absolute Gasteiger partial charge is 0.472 e. The molecule has 0 spiro atoms. The molecule has 0 amide bonds. The van der Waals surface area contributed by atoms with E-state index >= 15 is 0 Å². The highest BCUT2D eigenvalue weighted by molar-refractivity contribution is 7.47. The van der Waals surface area contributed by atoms with Crippen LogP contribution in [-0.2, 0) is 65.4 Å². The fourth-order valence-corrected chi connectivity index (χ4v) is 12.2. The van der Waals surface area contributed by atoms with Gasteiger partial charge in [0, 0.05) is 25.7 Å². The topological polar surface area (TPSA) is 237 Å². The van der Waals surface area contributed by atoms with Crippen LogP contribution in [-0.4, -0.2) is 96.7 Å². The van der Waals surface area contributed by atoms with E-state index in [0.717, 1.165) is 114 Å². The minimum Gasteiger partial charge on any atom is -0.462 e. The number of carbonyl (C=O) groups is 4. The van der Waals surface area contributed by atoms with Crippen LogP contribution in [0.15, 0.2) is 0 Å². The molecule has 534 valence electrons. The van der Waals surface area contributed by atoms with Gasteiger partial charge in [0.1, 0.15) is 19.3 Å². The summed E-state index contributed by atoms with van der Waals surface area (Å²) >= 11 is 0. The Bertz CT molecular complexity index is 1780. The van der Waals surface area contributed by atoms with E-state index in [0.29, 0.717) is 31.6 Å². The van der Waals surface area contributed by atoms with Crippen molar-refractivity contribution < 1.29 is 80.2 Å². The maximum Gasteiger partial charge on any atom is 0.472 e. The number of phosphoric ester groups is 2. The second-order valence-corrected chi connectivity index (χ2v) is 30.2. The molecular weight excluding hydrogens is 1190 g/mol. The van der Waals surface area contributed by atoms with Crippen molar-refractivity contribution in [2.75, 3.05) is 39.6 Å². The minimum absolute atomic E-state index is 0.103. The lowest BCUT2D eigenvalue weighted by atomic mass is 10.00. The van der Waals surface area contributed by atoms with Gasteiger partial charge in [0.25, 0.3) is 0 Å². The van der Waals surface area contributed by atoms with Gasteiger partial charge in [-0.15, -0.1) is 0 Å². The third-order valence-corrected chi connectivity index (χ3v) is 18.6. The van der Waals surface area contributed by atoms with Crippen LogP contribution in [0.25, 0.3) is 0 Å². The first-order valence-electron chi connectivity index (χ1n) is 36.7. The predicted molar refractivity (Wildman–Crippen MR) is 363 cm³/mol. The molecule has 6 atom stereocenters. The second-order valence-electron chi connectivity index (χ2n) is 27.3. The lowest BCUT2D eigenvalue weighted by molar-refractivity contribution is -0.161. The van der Waals surface area contributed by atoms with Crippen LogP contribution < -0.4 is 0 Å². The van der Waals surface area contributed by atoms with Crippen molar-refractivity contribution in [3.8, 4) is 0 Å². The molecule has 0 bridgehead atoms. The summed E-state index contributed by atoms with van der Waals surface area (Å²) < 4.78 is 68.2. The Kier molecular flexibility index (Phi) is 59.4. The molecule has 17 nitrogen and oxygen atoms in total. The van der Waals surface area contributed by atoms with Gasteiger partial charge < -0.3 is 33.8 Å². The van der Waals surface area contributed by atoms with Crippen LogP contribution in [0.1, 0.15) is 351 Å².